The maximum atomic E-state index is 11.9. The molecule has 0 fully saturated rings. The topological polar surface area (TPSA) is 75.6 Å². The van der Waals surface area contributed by atoms with Crippen molar-refractivity contribution >= 4 is 17.6 Å². The van der Waals surface area contributed by atoms with Gasteiger partial charge in [-0.25, -0.2) is 0 Å². The summed E-state index contributed by atoms with van der Waals surface area (Å²) >= 11 is 0. The van der Waals surface area contributed by atoms with Gasteiger partial charge in [0.2, 0.25) is 5.91 Å². The van der Waals surface area contributed by atoms with E-state index >= 15 is 0 Å². The summed E-state index contributed by atoms with van der Waals surface area (Å²) in [6.45, 7) is 2.60. The van der Waals surface area contributed by atoms with Crippen LogP contribution < -0.4 is 10.1 Å². The second kappa shape index (κ2) is 9.47. The van der Waals surface area contributed by atoms with Gasteiger partial charge in [0, 0.05) is 12.1 Å². The molecule has 0 saturated carbocycles. The fourth-order valence-electron chi connectivity index (χ4n) is 2.39. The van der Waals surface area contributed by atoms with Crippen molar-refractivity contribution in [2.75, 3.05) is 11.9 Å². The molecule has 0 saturated heterocycles. The zero-order chi connectivity index (χ0) is 18.1. The van der Waals surface area contributed by atoms with Gasteiger partial charge in [0.15, 0.2) is 0 Å². The predicted octanol–water partition coefficient (Wildman–Crippen LogP) is 3.81. The number of unbranched alkanes of at least 4 members (excludes halogenated alkanes) is 1. The molecule has 25 heavy (non-hydrogen) atoms. The summed E-state index contributed by atoms with van der Waals surface area (Å²) in [4.78, 5) is 22.5. The van der Waals surface area contributed by atoms with E-state index in [9.17, 15) is 9.59 Å². The molecule has 132 valence electrons. The average molecular weight is 341 g/mol. The molecule has 2 N–H and O–H groups in total. The minimum absolute atomic E-state index is 0.0187. The molecule has 5 nitrogen and oxygen atoms in total. The van der Waals surface area contributed by atoms with Crippen molar-refractivity contribution in [3.8, 4) is 5.75 Å². The number of carboxylic acids is 1. The first-order valence-electron chi connectivity index (χ1n) is 8.33. The predicted molar refractivity (Wildman–Crippen MR) is 96.9 cm³/mol. The van der Waals surface area contributed by atoms with E-state index in [1.165, 1.54) is 0 Å². The fourth-order valence-corrected chi connectivity index (χ4v) is 2.39. The molecule has 1 amide bonds. The first-order chi connectivity index (χ1) is 12.0. The second-order valence-corrected chi connectivity index (χ2v) is 5.94. The average Bonchev–Trinajstić information content (AvgIpc) is 2.56. The molecule has 2 rings (SSSR count). The number of hydrogen-bond donors (Lipinski definition) is 2. The van der Waals surface area contributed by atoms with Crippen LogP contribution in [0, 0.1) is 6.92 Å². The normalized spacial score (nSPS) is 10.3. The minimum atomic E-state index is -0.871. The summed E-state index contributed by atoms with van der Waals surface area (Å²) in [5.74, 6) is -0.0721. The van der Waals surface area contributed by atoms with Crippen LogP contribution in [0.25, 0.3) is 0 Å². The van der Waals surface area contributed by atoms with Crippen LogP contribution in [0.5, 0.6) is 5.75 Å². The summed E-state index contributed by atoms with van der Waals surface area (Å²) < 4.78 is 5.65. The Morgan fingerprint density at radius 3 is 2.52 bits per heavy atom. The van der Waals surface area contributed by atoms with Crippen LogP contribution in [-0.2, 0) is 16.0 Å². The number of carboxylic acid groups (broad SMARTS) is 1. The molecule has 0 heterocycles. The van der Waals surface area contributed by atoms with E-state index in [0.29, 0.717) is 24.3 Å². The van der Waals surface area contributed by atoms with E-state index in [-0.39, 0.29) is 12.3 Å². The molecule has 0 spiro atoms. The third-order valence-corrected chi connectivity index (χ3v) is 3.65. The third kappa shape index (κ3) is 7.08. The highest BCUT2D eigenvalue weighted by molar-refractivity contribution is 5.90. The molecule has 0 aliphatic heterocycles. The van der Waals surface area contributed by atoms with Crippen molar-refractivity contribution in [1.82, 2.24) is 0 Å². The molecule has 0 aromatic heterocycles. The van der Waals surface area contributed by atoms with Gasteiger partial charge >= 0.3 is 5.97 Å². The Bertz CT molecular complexity index is 710. The van der Waals surface area contributed by atoms with Crippen LogP contribution in [0.1, 0.15) is 30.4 Å². The zero-order valence-electron chi connectivity index (χ0n) is 14.3. The monoisotopic (exact) mass is 341 g/mol. The molecule has 5 heteroatoms. The van der Waals surface area contributed by atoms with Gasteiger partial charge in [0.1, 0.15) is 5.75 Å². The Morgan fingerprint density at radius 2 is 1.84 bits per heavy atom. The van der Waals surface area contributed by atoms with Gasteiger partial charge in [0.25, 0.3) is 0 Å². The van der Waals surface area contributed by atoms with Gasteiger partial charge in [-0.05, 0) is 55.2 Å². The molecule has 2 aromatic rings. The fraction of sp³-hybridized carbons (Fsp3) is 0.300. The smallest absolute Gasteiger partial charge is 0.307 e. The maximum absolute atomic E-state index is 11.9. The van der Waals surface area contributed by atoms with Crippen LogP contribution in [-0.4, -0.2) is 23.6 Å². The lowest BCUT2D eigenvalue weighted by Gasteiger charge is -2.08. The van der Waals surface area contributed by atoms with Crippen molar-refractivity contribution in [3.63, 3.8) is 0 Å². The molecule has 0 bridgehead atoms. The van der Waals surface area contributed by atoms with E-state index in [1.807, 2.05) is 31.2 Å². The SMILES string of the molecule is Cc1cccc(OCCCCC(=O)Nc2ccc(CC(=O)O)cc2)c1. The van der Waals surface area contributed by atoms with Crippen LogP contribution >= 0.6 is 0 Å². The molecule has 0 unspecified atom stereocenters. The number of carbonyl (C=O) groups is 2. The highest BCUT2D eigenvalue weighted by Crippen LogP contribution is 2.14. The summed E-state index contributed by atoms with van der Waals surface area (Å²) in [7, 11) is 0. The van der Waals surface area contributed by atoms with E-state index < -0.39 is 5.97 Å². The number of benzene rings is 2. The standard InChI is InChI=1S/C20H23NO4/c1-15-5-4-6-18(13-15)25-12-3-2-7-19(22)21-17-10-8-16(9-11-17)14-20(23)24/h4-6,8-11,13H,2-3,7,12,14H2,1H3,(H,21,22)(H,23,24). The maximum Gasteiger partial charge on any atom is 0.307 e. The molecule has 2 aromatic carbocycles. The van der Waals surface area contributed by atoms with Crippen molar-refractivity contribution < 1.29 is 19.4 Å². The number of hydrogen-bond acceptors (Lipinski definition) is 3. The third-order valence-electron chi connectivity index (χ3n) is 3.65. The Hall–Kier alpha value is -2.82. The van der Waals surface area contributed by atoms with E-state index in [2.05, 4.69) is 5.32 Å². The quantitative estimate of drug-likeness (QED) is 0.680. The second-order valence-electron chi connectivity index (χ2n) is 5.94. The highest BCUT2D eigenvalue weighted by Gasteiger charge is 2.04. The van der Waals surface area contributed by atoms with Gasteiger partial charge in [-0.15, -0.1) is 0 Å². The first kappa shape index (κ1) is 18.5. The largest absolute Gasteiger partial charge is 0.494 e. The van der Waals surface area contributed by atoms with Gasteiger partial charge in [-0.1, -0.05) is 24.3 Å². The lowest BCUT2D eigenvalue weighted by atomic mass is 10.1. The number of carbonyl (C=O) groups excluding carboxylic acids is 1. The zero-order valence-corrected chi connectivity index (χ0v) is 14.3. The van der Waals surface area contributed by atoms with Gasteiger partial charge in [-0.3, -0.25) is 9.59 Å². The highest BCUT2D eigenvalue weighted by atomic mass is 16.5. The number of ether oxygens (including phenoxy) is 1. The lowest BCUT2D eigenvalue weighted by molar-refractivity contribution is -0.136. The number of nitrogens with one attached hydrogen (secondary N) is 1. The lowest BCUT2D eigenvalue weighted by Crippen LogP contribution is -2.11. The van der Waals surface area contributed by atoms with Crippen molar-refractivity contribution in [3.05, 3.63) is 59.7 Å². The van der Waals surface area contributed by atoms with E-state index in [0.717, 1.165) is 24.2 Å². The molecule has 0 aliphatic rings. The van der Waals surface area contributed by atoms with Crippen LogP contribution in [0.2, 0.25) is 0 Å². The Balaban J connectivity index is 1.64. The number of aliphatic carboxylic acids is 1. The minimum Gasteiger partial charge on any atom is -0.494 e. The summed E-state index contributed by atoms with van der Waals surface area (Å²) in [6.07, 6.45) is 1.96. The first-order valence-corrected chi connectivity index (χ1v) is 8.33. The van der Waals surface area contributed by atoms with Gasteiger partial charge < -0.3 is 15.2 Å². The van der Waals surface area contributed by atoms with Gasteiger partial charge in [0.05, 0.1) is 13.0 Å². The van der Waals surface area contributed by atoms with Crippen LogP contribution in [0.4, 0.5) is 5.69 Å². The van der Waals surface area contributed by atoms with Crippen LogP contribution in [0.15, 0.2) is 48.5 Å². The molecule has 0 atom stereocenters. The number of rotatable bonds is 9. The Labute approximate surface area is 147 Å². The van der Waals surface area contributed by atoms with Crippen LogP contribution in [0.3, 0.4) is 0 Å². The van der Waals surface area contributed by atoms with Gasteiger partial charge in [-0.2, -0.15) is 0 Å². The van der Waals surface area contributed by atoms with Crippen molar-refractivity contribution in [2.24, 2.45) is 0 Å². The Morgan fingerprint density at radius 1 is 1.08 bits per heavy atom. The summed E-state index contributed by atoms with van der Waals surface area (Å²) in [6, 6.07) is 14.7. The summed E-state index contributed by atoms with van der Waals surface area (Å²) in [5, 5.41) is 11.5. The van der Waals surface area contributed by atoms with E-state index in [1.54, 1.807) is 24.3 Å². The van der Waals surface area contributed by atoms with Crippen molar-refractivity contribution in [2.45, 2.75) is 32.6 Å². The van der Waals surface area contributed by atoms with E-state index in [4.69, 9.17) is 9.84 Å². The van der Waals surface area contributed by atoms with Crippen molar-refractivity contribution in [1.29, 1.82) is 0 Å². The molecular formula is C20H23NO4. The summed E-state index contributed by atoms with van der Waals surface area (Å²) in [5.41, 5.74) is 2.54. The molecule has 0 aliphatic carbocycles. The number of amides is 1. The molecule has 0 radical (unpaired) electrons. The number of aryl methyl sites for hydroxylation is 1. The number of anilines is 1. The molecular weight excluding hydrogens is 318 g/mol. The Kier molecular flexibility index (Phi) is 7.01.